The minimum Gasteiger partial charge on any atom is -0.337 e. The van der Waals surface area contributed by atoms with Gasteiger partial charge in [0.2, 0.25) is 0 Å². The van der Waals surface area contributed by atoms with Crippen molar-refractivity contribution in [2.45, 2.75) is 25.8 Å². The van der Waals surface area contributed by atoms with E-state index in [9.17, 15) is 9.18 Å². The standard InChI is InChI=1S/C20H23FN2OS/c21-17-6-4-16(5-7-17)13-22-11-9-20(14-22)8-2-10-23(15-20)19(24)18-3-1-12-25-18/h1,3-7,12H,2,8-11,13-15H2. The maximum absolute atomic E-state index is 13.1. The molecule has 132 valence electrons. The summed E-state index contributed by atoms with van der Waals surface area (Å²) in [6.45, 7) is 4.68. The molecule has 0 aliphatic carbocycles. The molecule has 2 aliphatic rings. The Morgan fingerprint density at radius 3 is 2.72 bits per heavy atom. The van der Waals surface area contributed by atoms with E-state index in [4.69, 9.17) is 0 Å². The fourth-order valence-electron chi connectivity index (χ4n) is 4.28. The lowest BCUT2D eigenvalue weighted by molar-refractivity contribution is 0.0531. The van der Waals surface area contributed by atoms with Crippen molar-refractivity contribution in [2.75, 3.05) is 26.2 Å². The maximum atomic E-state index is 13.1. The first-order valence-electron chi connectivity index (χ1n) is 8.93. The van der Waals surface area contributed by atoms with Crippen LogP contribution in [-0.2, 0) is 6.54 Å². The Morgan fingerprint density at radius 2 is 1.96 bits per heavy atom. The van der Waals surface area contributed by atoms with Crippen molar-refractivity contribution < 1.29 is 9.18 Å². The number of halogens is 1. The fourth-order valence-corrected chi connectivity index (χ4v) is 4.97. The second-order valence-corrected chi connectivity index (χ2v) is 8.34. The van der Waals surface area contributed by atoms with Gasteiger partial charge in [-0.3, -0.25) is 9.69 Å². The van der Waals surface area contributed by atoms with Crippen molar-refractivity contribution in [1.82, 2.24) is 9.80 Å². The van der Waals surface area contributed by atoms with E-state index in [-0.39, 0.29) is 17.1 Å². The van der Waals surface area contributed by atoms with Gasteiger partial charge in [-0.05, 0) is 54.9 Å². The Labute approximate surface area is 152 Å². The highest BCUT2D eigenvalue weighted by Gasteiger charge is 2.42. The van der Waals surface area contributed by atoms with Crippen molar-refractivity contribution >= 4 is 17.2 Å². The van der Waals surface area contributed by atoms with Crippen LogP contribution in [0, 0.1) is 11.2 Å². The molecule has 2 aliphatic heterocycles. The first-order chi connectivity index (χ1) is 12.1. The minimum absolute atomic E-state index is 0.184. The lowest BCUT2D eigenvalue weighted by Crippen LogP contribution is -2.47. The lowest BCUT2D eigenvalue weighted by Gasteiger charge is -2.40. The molecule has 3 nitrogen and oxygen atoms in total. The van der Waals surface area contributed by atoms with Gasteiger partial charge in [0.05, 0.1) is 4.88 Å². The molecule has 1 aromatic carbocycles. The van der Waals surface area contributed by atoms with E-state index in [1.165, 1.54) is 29.9 Å². The van der Waals surface area contributed by atoms with Crippen LogP contribution in [0.15, 0.2) is 41.8 Å². The Balaban J connectivity index is 1.40. The summed E-state index contributed by atoms with van der Waals surface area (Å²) in [6, 6.07) is 10.7. The van der Waals surface area contributed by atoms with Gasteiger partial charge in [-0.2, -0.15) is 0 Å². The van der Waals surface area contributed by atoms with Gasteiger partial charge < -0.3 is 4.90 Å². The number of amides is 1. The molecule has 1 atom stereocenters. The third-order valence-corrected chi connectivity index (χ3v) is 6.38. The van der Waals surface area contributed by atoms with Crippen LogP contribution in [0.25, 0.3) is 0 Å². The predicted molar refractivity (Wildman–Crippen MR) is 98.2 cm³/mol. The van der Waals surface area contributed by atoms with Crippen LogP contribution in [0.5, 0.6) is 0 Å². The number of hydrogen-bond donors (Lipinski definition) is 0. The molecule has 1 aromatic heterocycles. The summed E-state index contributed by atoms with van der Waals surface area (Å²) in [6.07, 6.45) is 3.42. The number of thiophene rings is 1. The van der Waals surface area contributed by atoms with E-state index in [2.05, 4.69) is 9.80 Å². The molecule has 2 saturated heterocycles. The molecule has 1 amide bonds. The number of nitrogens with zero attached hydrogens (tertiary/aromatic N) is 2. The van der Waals surface area contributed by atoms with Crippen LogP contribution in [0.1, 0.15) is 34.5 Å². The molecule has 0 radical (unpaired) electrons. The van der Waals surface area contributed by atoms with Crippen molar-refractivity contribution in [3.05, 3.63) is 58.0 Å². The first kappa shape index (κ1) is 16.7. The molecule has 1 spiro atoms. The minimum atomic E-state index is -0.184. The molecule has 0 bridgehead atoms. The SMILES string of the molecule is O=C(c1cccs1)N1CCCC2(CCN(Cc3ccc(F)cc3)C2)C1. The van der Waals surface area contributed by atoms with E-state index in [0.717, 1.165) is 56.0 Å². The van der Waals surface area contributed by atoms with Gasteiger partial charge >= 0.3 is 0 Å². The van der Waals surface area contributed by atoms with Crippen molar-refractivity contribution in [3.63, 3.8) is 0 Å². The molecular weight excluding hydrogens is 335 g/mol. The van der Waals surface area contributed by atoms with Crippen molar-refractivity contribution in [1.29, 1.82) is 0 Å². The zero-order valence-electron chi connectivity index (χ0n) is 14.3. The summed E-state index contributed by atoms with van der Waals surface area (Å²) >= 11 is 1.53. The van der Waals surface area contributed by atoms with Crippen LogP contribution < -0.4 is 0 Å². The van der Waals surface area contributed by atoms with Gasteiger partial charge in [0.15, 0.2) is 0 Å². The van der Waals surface area contributed by atoms with Crippen LogP contribution in [0.3, 0.4) is 0 Å². The van der Waals surface area contributed by atoms with Gasteiger partial charge in [0.25, 0.3) is 5.91 Å². The van der Waals surface area contributed by atoms with Gasteiger partial charge in [-0.15, -0.1) is 11.3 Å². The van der Waals surface area contributed by atoms with E-state index in [0.29, 0.717) is 0 Å². The quantitative estimate of drug-likeness (QED) is 0.827. The van der Waals surface area contributed by atoms with Crippen LogP contribution in [0.4, 0.5) is 4.39 Å². The molecule has 2 fully saturated rings. The summed E-state index contributed by atoms with van der Waals surface area (Å²) in [5, 5.41) is 1.97. The maximum Gasteiger partial charge on any atom is 0.263 e. The number of carbonyl (C=O) groups excluding carboxylic acids is 1. The lowest BCUT2D eigenvalue weighted by atomic mass is 9.79. The molecule has 0 saturated carbocycles. The molecule has 4 rings (SSSR count). The van der Waals surface area contributed by atoms with E-state index in [1.807, 2.05) is 29.6 Å². The number of rotatable bonds is 3. The highest BCUT2D eigenvalue weighted by molar-refractivity contribution is 7.12. The second-order valence-electron chi connectivity index (χ2n) is 7.39. The number of piperidine rings is 1. The van der Waals surface area contributed by atoms with Gasteiger partial charge in [-0.25, -0.2) is 4.39 Å². The Morgan fingerprint density at radius 1 is 1.12 bits per heavy atom. The summed E-state index contributed by atoms with van der Waals surface area (Å²) in [7, 11) is 0. The number of benzene rings is 1. The van der Waals surface area contributed by atoms with E-state index in [1.54, 1.807) is 0 Å². The smallest absolute Gasteiger partial charge is 0.263 e. The average molecular weight is 358 g/mol. The van der Waals surface area contributed by atoms with Crippen LogP contribution in [-0.4, -0.2) is 41.9 Å². The summed E-state index contributed by atoms with van der Waals surface area (Å²) in [5.74, 6) is 0.00251. The molecular formula is C20H23FN2OS. The fraction of sp³-hybridized carbons (Fsp3) is 0.450. The normalized spacial score (nSPS) is 24.1. The first-order valence-corrected chi connectivity index (χ1v) is 9.81. The molecule has 2 aromatic rings. The summed E-state index contributed by atoms with van der Waals surface area (Å²) in [4.78, 5) is 18.0. The third-order valence-electron chi connectivity index (χ3n) is 5.52. The van der Waals surface area contributed by atoms with Gasteiger partial charge in [0.1, 0.15) is 5.82 Å². The molecule has 3 heterocycles. The Bertz CT molecular complexity index is 731. The van der Waals surface area contributed by atoms with E-state index < -0.39 is 0 Å². The third kappa shape index (κ3) is 3.62. The van der Waals surface area contributed by atoms with Crippen molar-refractivity contribution in [2.24, 2.45) is 5.41 Å². The zero-order chi connectivity index (χ0) is 17.3. The molecule has 5 heteroatoms. The largest absolute Gasteiger partial charge is 0.337 e. The summed E-state index contributed by atoms with van der Waals surface area (Å²) < 4.78 is 13.1. The highest BCUT2D eigenvalue weighted by Crippen LogP contribution is 2.40. The molecule has 1 unspecified atom stereocenters. The van der Waals surface area contributed by atoms with E-state index >= 15 is 0 Å². The van der Waals surface area contributed by atoms with Gasteiger partial charge in [0, 0.05) is 31.6 Å². The zero-order valence-corrected chi connectivity index (χ0v) is 15.1. The molecule has 0 N–H and O–H groups in total. The monoisotopic (exact) mass is 358 g/mol. The second kappa shape index (κ2) is 6.89. The predicted octanol–water partition coefficient (Wildman–Crippen LogP) is 4.02. The van der Waals surface area contributed by atoms with Gasteiger partial charge in [-0.1, -0.05) is 18.2 Å². The molecule has 25 heavy (non-hydrogen) atoms. The van der Waals surface area contributed by atoms with Crippen molar-refractivity contribution in [3.8, 4) is 0 Å². The number of likely N-dealkylation sites (tertiary alicyclic amines) is 2. The summed E-state index contributed by atoms with van der Waals surface area (Å²) in [5.41, 5.74) is 1.38. The topological polar surface area (TPSA) is 23.6 Å². The Hall–Kier alpha value is -1.72. The number of hydrogen-bond acceptors (Lipinski definition) is 3. The average Bonchev–Trinajstić information content (AvgIpc) is 3.27. The number of carbonyl (C=O) groups is 1. The Kier molecular flexibility index (Phi) is 4.61. The van der Waals surface area contributed by atoms with Crippen LogP contribution in [0.2, 0.25) is 0 Å². The van der Waals surface area contributed by atoms with Crippen LogP contribution >= 0.6 is 11.3 Å². The highest BCUT2D eigenvalue weighted by atomic mass is 32.1.